The van der Waals surface area contributed by atoms with Gasteiger partial charge in [0, 0.05) is 12.0 Å². The summed E-state index contributed by atoms with van der Waals surface area (Å²) in [6.07, 6.45) is 11.5. The monoisotopic (exact) mass is 508 g/mol. The number of oxime groups is 1. The van der Waals surface area contributed by atoms with Gasteiger partial charge in [0.25, 0.3) is 0 Å². The van der Waals surface area contributed by atoms with E-state index in [1.165, 1.54) is 5.57 Å². The molecule has 6 nitrogen and oxygen atoms in total. The van der Waals surface area contributed by atoms with Crippen LogP contribution < -0.4 is 9.47 Å². The number of methoxy groups -OCH3 is 1. The van der Waals surface area contributed by atoms with E-state index in [0.29, 0.717) is 24.4 Å². The molecule has 4 aliphatic carbocycles. The molecule has 0 amide bonds. The lowest BCUT2D eigenvalue weighted by Gasteiger charge is -2.56. The highest BCUT2D eigenvalue weighted by Crippen LogP contribution is 2.65. The Bertz CT molecular complexity index is 1110. The third-order valence-electron chi connectivity index (χ3n) is 10.2. The Kier molecular flexibility index (Phi) is 7.18. The Balaban J connectivity index is 1.41. The Morgan fingerprint density at radius 2 is 1.86 bits per heavy atom. The Morgan fingerprint density at radius 3 is 2.59 bits per heavy atom. The lowest BCUT2D eigenvalue weighted by Crippen LogP contribution is -2.50. The molecular formula is C31H44N2O4. The molecular weight excluding hydrogens is 464 g/mol. The van der Waals surface area contributed by atoms with Crippen LogP contribution in [0.1, 0.15) is 64.4 Å². The van der Waals surface area contributed by atoms with Gasteiger partial charge in [-0.15, -0.1) is 0 Å². The first-order valence-electron chi connectivity index (χ1n) is 14.0. The molecule has 5 rings (SSSR count). The summed E-state index contributed by atoms with van der Waals surface area (Å²) in [5, 5.41) is 24.5. The van der Waals surface area contributed by atoms with Crippen LogP contribution in [0.3, 0.4) is 0 Å². The highest BCUT2D eigenvalue weighted by atomic mass is 16.5. The summed E-state index contributed by atoms with van der Waals surface area (Å²) in [6.45, 7) is 6.20. The normalized spacial score (nSPS) is 37.2. The molecule has 0 saturated heterocycles. The maximum absolute atomic E-state index is 10.3. The van der Waals surface area contributed by atoms with Crippen LogP contribution in [0.2, 0.25) is 0 Å². The molecule has 0 unspecified atom stereocenters. The predicted octanol–water partition coefficient (Wildman–Crippen LogP) is 5.78. The summed E-state index contributed by atoms with van der Waals surface area (Å²) in [5.41, 5.74) is 4.60. The average molecular weight is 509 g/mol. The molecule has 4 aliphatic rings. The molecule has 0 aliphatic heterocycles. The van der Waals surface area contributed by atoms with Gasteiger partial charge in [0.05, 0.1) is 18.9 Å². The van der Waals surface area contributed by atoms with E-state index in [9.17, 15) is 10.3 Å². The second kappa shape index (κ2) is 10.1. The van der Waals surface area contributed by atoms with E-state index in [0.717, 1.165) is 79.8 Å². The Hall–Kier alpha value is -2.31. The summed E-state index contributed by atoms with van der Waals surface area (Å²) in [4.78, 5) is 2.09. The zero-order chi connectivity index (χ0) is 26.4. The van der Waals surface area contributed by atoms with Gasteiger partial charge in [-0.1, -0.05) is 36.7 Å². The van der Waals surface area contributed by atoms with Crippen LogP contribution >= 0.6 is 0 Å². The van der Waals surface area contributed by atoms with Crippen LogP contribution in [-0.4, -0.2) is 61.4 Å². The van der Waals surface area contributed by atoms with Gasteiger partial charge in [-0.2, -0.15) is 0 Å². The number of allylic oxidation sites excluding steroid dienone is 2. The molecule has 2 N–H and O–H groups in total. The minimum absolute atomic E-state index is 0.114. The molecule has 0 radical (unpaired) electrons. The van der Waals surface area contributed by atoms with Crippen LogP contribution in [0, 0.1) is 28.6 Å². The molecule has 6 atom stereocenters. The van der Waals surface area contributed by atoms with Gasteiger partial charge >= 0.3 is 0 Å². The Labute approximate surface area is 222 Å². The van der Waals surface area contributed by atoms with Gasteiger partial charge in [-0.25, -0.2) is 0 Å². The fourth-order valence-corrected chi connectivity index (χ4v) is 8.07. The number of benzene rings is 1. The SMILES string of the molecule is COc1cc(/C=C2\C[C@H]3[C@@H]4CC=C5C[C@@H](O)CC[C@]5(C)[C@H]4CC[C@]3(C)\C2=N\O)ccc1OCCN(C)C. The standard InChI is InChI=1S/C31H44N2O4/c1-30-12-10-23(34)19-22(30)7-8-24-25(30)11-13-31(2)26(24)18-21(29(31)32-35)16-20-6-9-27(28(17-20)36-5)37-15-14-33(3)4/h6-7,9,16-17,23-26,34-35H,8,10-15,18-19H2,1-5H3/b21-16+,32-29+/t23-,24+,25-,26-,30-,31-/m0/s1. The number of hydrogen-bond acceptors (Lipinski definition) is 6. The van der Waals surface area contributed by atoms with E-state index in [1.54, 1.807) is 7.11 Å². The van der Waals surface area contributed by atoms with E-state index < -0.39 is 0 Å². The molecule has 0 aromatic heterocycles. The second-order valence-corrected chi connectivity index (χ2v) is 12.5. The van der Waals surface area contributed by atoms with Crippen molar-refractivity contribution in [2.45, 2.75) is 64.9 Å². The molecule has 1 aromatic rings. The first-order valence-corrected chi connectivity index (χ1v) is 14.0. The summed E-state index contributed by atoms with van der Waals surface area (Å²) < 4.78 is 11.6. The van der Waals surface area contributed by atoms with Gasteiger partial charge in [-0.3, -0.25) is 0 Å². The zero-order valence-electron chi connectivity index (χ0n) is 23.2. The van der Waals surface area contributed by atoms with Gasteiger partial charge in [-0.05, 0) is 112 Å². The lowest BCUT2D eigenvalue weighted by atomic mass is 9.48. The van der Waals surface area contributed by atoms with Crippen LogP contribution in [0.5, 0.6) is 11.5 Å². The van der Waals surface area contributed by atoms with Crippen molar-refractivity contribution in [3.8, 4) is 11.5 Å². The number of hydrogen-bond donors (Lipinski definition) is 2. The van der Waals surface area contributed by atoms with E-state index in [-0.39, 0.29) is 16.9 Å². The topological polar surface area (TPSA) is 74.5 Å². The van der Waals surface area contributed by atoms with Gasteiger partial charge < -0.3 is 24.7 Å². The molecule has 37 heavy (non-hydrogen) atoms. The van der Waals surface area contributed by atoms with E-state index in [4.69, 9.17) is 9.47 Å². The number of aliphatic hydroxyl groups is 1. The van der Waals surface area contributed by atoms with Gasteiger partial charge in [0.15, 0.2) is 11.5 Å². The van der Waals surface area contributed by atoms with Crippen molar-refractivity contribution >= 4 is 11.8 Å². The molecule has 0 heterocycles. The van der Waals surface area contributed by atoms with Crippen LogP contribution in [0.15, 0.2) is 40.6 Å². The van der Waals surface area contributed by atoms with Crippen LogP contribution in [0.4, 0.5) is 0 Å². The highest BCUT2D eigenvalue weighted by Gasteiger charge is 2.59. The lowest BCUT2D eigenvalue weighted by molar-refractivity contribution is -0.0206. The van der Waals surface area contributed by atoms with Crippen LogP contribution in [-0.2, 0) is 0 Å². The molecule has 3 fully saturated rings. The van der Waals surface area contributed by atoms with Crippen molar-refractivity contribution in [3.63, 3.8) is 0 Å². The first-order chi connectivity index (χ1) is 17.7. The van der Waals surface area contributed by atoms with E-state index >= 15 is 0 Å². The second-order valence-electron chi connectivity index (χ2n) is 12.5. The maximum atomic E-state index is 10.3. The van der Waals surface area contributed by atoms with Crippen LogP contribution in [0.25, 0.3) is 6.08 Å². The van der Waals surface area contributed by atoms with E-state index in [2.05, 4.69) is 42.1 Å². The highest BCUT2D eigenvalue weighted by molar-refractivity contribution is 6.09. The molecule has 202 valence electrons. The molecule has 1 aromatic carbocycles. The maximum Gasteiger partial charge on any atom is 0.161 e. The van der Waals surface area contributed by atoms with Crippen molar-refractivity contribution in [2.24, 2.45) is 33.7 Å². The van der Waals surface area contributed by atoms with E-state index in [1.807, 2.05) is 26.2 Å². The molecule has 3 saturated carbocycles. The number of rotatable bonds is 6. The third-order valence-corrected chi connectivity index (χ3v) is 10.2. The predicted molar refractivity (Wildman–Crippen MR) is 147 cm³/mol. The number of aliphatic hydroxyl groups excluding tert-OH is 1. The minimum atomic E-state index is -0.180. The summed E-state index contributed by atoms with van der Waals surface area (Å²) in [6, 6.07) is 6.05. The quantitative estimate of drug-likeness (QED) is 0.289. The third kappa shape index (κ3) is 4.61. The largest absolute Gasteiger partial charge is 0.493 e. The van der Waals surface area contributed by atoms with Crippen molar-refractivity contribution in [2.75, 3.05) is 34.4 Å². The summed E-state index contributed by atoms with van der Waals surface area (Å²) in [7, 11) is 5.73. The fourth-order valence-electron chi connectivity index (χ4n) is 8.07. The zero-order valence-corrected chi connectivity index (χ0v) is 23.2. The Morgan fingerprint density at radius 1 is 1.08 bits per heavy atom. The molecule has 0 bridgehead atoms. The van der Waals surface area contributed by atoms with Crippen molar-refractivity contribution in [1.82, 2.24) is 4.90 Å². The fraction of sp³-hybridized carbons (Fsp3) is 0.645. The number of likely N-dealkylation sites (N-methyl/N-ethyl adjacent to an activating group) is 1. The smallest absolute Gasteiger partial charge is 0.161 e. The van der Waals surface area contributed by atoms with Crippen molar-refractivity contribution in [1.29, 1.82) is 0 Å². The number of nitrogens with zero attached hydrogens (tertiary/aromatic N) is 2. The van der Waals surface area contributed by atoms with Crippen molar-refractivity contribution in [3.05, 3.63) is 41.0 Å². The van der Waals surface area contributed by atoms with Crippen molar-refractivity contribution < 1.29 is 19.8 Å². The summed E-state index contributed by atoms with van der Waals surface area (Å²) >= 11 is 0. The van der Waals surface area contributed by atoms with Gasteiger partial charge in [0.1, 0.15) is 6.61 Å². The molecule has 0 spiro atoms. The number of ether oxygens (including phenoxy) is 2. The first kappa shape index (κ1) is 26.3. The average Bonchev–Trinajstić information content (AvgIpc) is 3.15. The molecule has 6 heteroatoms. The van der Waals surface area contributed by atoms with Gasteiger partial charge in [0.2, 0.25) is 0 Å². The number of fused-ring (bicyclic) bond motifs is 5. The minimum Gasteiger partial charge on any atom is -0.493 e. The summed E-state index contributed by atoms with van der Waals surface area (Å²) in [5.74, 6) is 3.13.